The molecule has 1 saturated heterocycles. The molecule has 1 aromatic heterocycles. The number of carbonyl (C=O) groups is 1. The largest absolute Gasteiger partial charge is 0.342 e. The van der Waals surface area contributed by atoms with Gasteiger partial charge in [0.25, 0.3) is 0 Å². The van der Waals surface area contributed by atoms with E-state index in [4.69, 9.17) is 5.73 Å². The van der Waals surface area contributed by atoms with Gasteiger partial charge in [0.1, 0.15) is 0 Å². The van der Waals surface area contributed by atoms with Gasteiger partial charge in [-0.1, -0.05) is 6.92 Å². The summed E-state index contributed by atoms with van der Waals surface area (Å²) in [7, 11) is 0. The lowest BCUT2D eigenvalue weighted by atomic mass is 9.99. The molecule has 0 aromatic carbocycles. The van der Waals surface area contributed by atoms with E-state index in [1.807, 2.05) is 29.6 Å². The minimum absolute atomic E-state index is 0. The Bertz CT molecular complexity index is 443. The predicted octanol–water partition coefficient (Wildman–Crippen LogP) is 2.21. The normalized spacial score (nSPS) is 19.3. The number of aromatic nitrogens is 2. The number of nitrogens with two attached hydrogens (primary N) is 1. The first kappa shape index (κ1) is 17.5. The summed E-state index contributed by atoms with van der Waals surface area (Å²) in [6.45, 7) is 5.37. The summed E-state index contributed by atoms with van der Waals surface area (Å²) in [5.74, 6) is 0.0745. The van der Waals surface area contributed by atoms with E-state index in [1.165, 1.54) is 0 Å². The highest BCUT2D eigenvalue weighted by atomic mass is 79.9. The third-order valence-electron chi connectivity index (χ3n) is 3.90. The Balaban J connectivity index is 0.00000200. The molecule has 7 heteroatoms. The SMILES string of the molecule is CC(N)C(C)C(=O)N1CCC(n2cc(Br)cn2)CC1.Cl. The molecule has 0 saturated carbocycles. The van der Waals surface area contributed by atoms with Crippen LogP contribution in [0.3, 0.4) is 0 Å². The monoisotopic (exact) mass is 364 g/mol. The van der Waals surface area contributed by atoms with Crippen molar-refractivity contribution in [3.8, 4) is 0 Å². The lowest BCUT2D eigenvalue weighted by molar-refractivity contribution is -0.136. The van der Waals surface area contributed by atoms with Gasteiger partial charge >= 0.3 is 0 Å². The highest BCUT2D eigenvalue weighted by molar-refractivity contribution is 9.10. The maximum atomic E-state index is 12.2. The number of amides is 1. The number of hydrogen-bond donors (Lipinski definition) is 1. The van der Waals surface area contributed by atoms with E-state index in [0.717, 1.165) is 30.4 Å². The second kappa shape index (κ2) is 7.43. The van der Waals surface area contributed by atoms with E-state index < -0.39 is 0 Å². The molecule has 1 aromatic rings. The molecule has 1 aliphatic heterocycles. The van der Waals surface area contributed by atoms with Gasteiger partial charge in [-0.25, -0.2) is 0 Å². The van der Waals surface area contributed by atoms with Gasteiger partial charge in [-0.15, -0.1) is 12.4 Å². The van der Waals surface area contributed by atoms with Crippen LogP contribution in [0.1, 0.15) is 32.7 Å². The molecule has 2 atom stereocenters. The topological polar surface area (TPSA) is 64.2 Å². The zero-order valence-electron chi connectivity index (χ0n) is 11.8. The molecule has 2 rings (SSSR count). The number of hydrogen-bond acceptors (Lipinski definition) is 3. The molecule has 5 nitrogen and oxygen atoms in total. The van der Waals surface area contributed by atoms with Crippen molar-refractivity contribution in [3.05, 3.63) is 16.9 Å². The Kier molecular flexibility index (Phi) is 6.48. The zero-order chi connectivity index (χ0) is 14.0. The Morgan fingerprint density at radius 1 is 1.45 bits per heavy atom. The number of piperidine rings is 1. The van der Waals surface area contributed by atoms with Gasteiger partial charge in [0.2, 0.25) is 5.91 Å². The molecule has 0 bridgehead atoms. The Labute approximate surface area is 134 Å². The fourth-order valence-corrected chi connectivity index (χ4v) is 2.68. The second-order valence-corrected chi connectivity index (χ2v) is 6.26. The van der Waals surface area contributed by atoms with Crippen LogP contribution in [0.25, 0.3) is 0 Å². The third-order valence-corrected chi connectivity index (χ3v) is 4.31. The summed E-state index contributed by atoms with van der Waals surface area (Å²) >= 11 is 3.41. The van der Waals surface area contributed by atoms with Gasteiger partial charge in [0.05, 0.1) is 22.6 Å². The van der Waals surface area contributed by atoms with Crippen LogP contribution in [0.4, 0.5) is 0 Å². The Morgan fingerprint density at radius 3 is 2.50 bits per heavy atom. The number of likely N-dealkylation sites (tertiary alicyclic amines) is 1. The maximum Gasteiger partial charge on any atom is 0.226 e. The van der Waals surface area contributed by atoms with Crippen LogP contribution < -0.4 is 5.73 Å². The van der Waals surface area contributed by atoms with E-state index in [2.05, 4.69) is 21.0 Å². The summed E-state index contributed by atoms with van der Waals surface area (Å²) < 4.78 is 2.98. The smallest absolute Gasteiger partial charge is 0.226 e. The molecule has 0 aliphatic carbocycles. The van der Waals surface area contributed by atoms with E-state index in [9.17, 15) is 4.79 Å². The van der Waals surface area contributed by atoms with Crippen molar-refractivity contribution >= 4 is 34.2 Å². The van der Waals surface area contributed by atoms with Crippen molar-refractivity contribution in [3.63, 3.8) is 0 Å². The molecule has 1 fully saturated rings. The maximum absolute atomic E-state index is 12.2. The van der Waals surface area contributed by atoms with Crippen molar-refractivity contribution in [2.45, 2.75) is 38.8 Å². The van der Waals surface area contributed by atoms with Gasteiger partial charge in [0, 0.05) is 25.3 Å². The van der Waals surface area contributed by atoms with Crippen LogP contribution in [0.2, 0.25) is 0 Å². The summed E-state index contributed by atoms with van der Waals surface area (Å²) in [6, 6.07) is 0.299. The van der Waals surface area contributed by atoms with E-state index in [1.54, 1.807) is 6.20 Å². The highest BCUT2D eigenvalue weighted by Gasteiger charge is 2.28. The van der Waals surface area contributed by atoms with Crippen molar-refractivity contribution in [2.75, 3.05) is 13.1 Å². The average molecular weight is 366 g/mol. The minimum Gasteiger partial charge on any atom is -0.342 e. The molecule has 0 radical (unpaired) electrons. The van der Waals surface area contributed by atoms with Gasteiger partial charge < -0.3 is 10.6 Å². The Hall–Kier alpha value is -0.590. The summed E-state index contributed by atoms with van der Waals surface area (Å²) in [5.41, 5.74) is 5.80. The molecule has 114 valence electrons. The molecule has 2 N–H and O–H groups in total. The van der Waals surface area contributed by atoms with E-state index in [-0.39, 0.29) is 30.3 Å². The van der Waals surface area contributed by atoms with Crippen LogP contribution in [0, 0.1) is 5.92 Å². The number of carbonyl (C=O) groups excluding carboxylic acids is 1. The minimum atomic E-state index is -0.101. The fourth-order valence-electron chi connectivity index (χ4n) is 2.38. The molecular weight excluding hydrogens is 344 g/mol. The van der Waals surface area contributed by atoms with Gasteiger partial charge in [-0.3, -0.25) is 9.48 Å². The first-order valence-corrected chi connectivity index (χ1v) is 7.52. The zero-order valence-corrected chi connectivity index (χ0v) is 14.2. The van der Waals surface area contributed by atoms with E-state index in [0.29, 0.717) is 6.04 Å². The standard InChI is InChI=1S/C13H21BrN4O.ClH/c1-9(10(2)15)13(19)17-5-3-12(4-6-17)18-8-11(14)7-16-18;/h7-10,12H,3-6,15H2,1-2H3;1H. The number of rotatable bonds is 3. The van der Waals surface area contributed by atoms with Crippen LogP contribution >= 0.6 is 28.3 Å². The predicted molar refractivity (Wildman–Crippen MR) is 84.8 cm³/mol. The van der Waals surface area contributed by atoms with Crippen molar-refractivity contribution in [2.24, 2.45) is 11.7 Å². The molecule has 2 unspecified atom stereocenters. The Morgan fingerprint density at radius 2 is 2.05 bits per heavy atom. The van der Waals surface area contributed by atoms with Crippen LogP contribution in [0.15, 0.2) is 16.9 Å². The first-order valence-electron chi connectivity index (χ1n) is 6.73. The number of halogens is 2. The fraction of sp³-hybridized carbons (Fsp3) is 0.692. The first-order chi connectivity index (χ1) is 8.99. The van der Waals surface area contributed by atoms with Crippen molar-refractivity contribution in [1.29, 1.82) is 0 Å². The van der Waals surface area contributed by atoms with Gasteiger partial charge in [-0.2, -0.15) is 5.10 Å². The van der Waals surface area contributed by atoms with Crippen LogP contribution in [0.5, 0.6) is 0 Å². The van der Waals surface area contributed by atoms with Crippen molar-refractivity contribution < 1.29 is 4.79 Å². The van der Waals surface area contributed by atoms with E-state index >= 15 is 0 Å². The quantitative estimate of drug-likeness (QED) is 0.893. The molecule has 1 amide bonds. The molecule has 1 aliphatic rings. The lowest BCUT2D eigenvalue weighted by Crippen LogP contribution is -2.45. The summed E-state index contributed by atoms with van der Waals surface area (Å²) in [5, 5.41) is 4.32. The summed E-state index contributed by atoms with van der Waals surface area (Å²) in [6.07, 6.45) is 5.69. The van der Waals surface area contributed by atoms with Gasteiger partial charge in [-0.05, 0) is 35.7 Å². The van der Waals surface area contributed by atoms with Crippen LogP contribution in [-0.2, 0) is 4.79 Å². The molecule has 0 spiro atoms. The molecular formula is C13H22BrClN4O. The average Bonchev–Trinajstić information content (AvgIpc) is 2.84. The summed E-state index contributed by atoms with van der Waals surface area (Å²) in [4.78, 5) is 14.1. The molecule has 2 heterocycles. The lowest BCUT2D eigenvalue weighted by Gasteiger charge is -2.34. The van der Waals surface area contributed by atoms with Crippen molar-refractivity contribution in [1.82, 2.24) is 14.7 Å². The molecule has 20 heavy (non-hydrogen) atoms. The van der Waals surface area contributed by atoms with Crippen LogP contribution in [-0.4, -0.2) is 39.7 Å². The highest BCUT2D eigenvalue weighted by Crippen LogP contribution is 2.24. The number of nitrogens with zero attached hydrogens (tertiary/aromatic N) is 3. The third kappa shape index (κ3) is 3.96. The second-order valence-electron chi connectivity index (χ2n) is 5.34. The van der Waals surface area contributed by atoms with Gasteiger partial charge in [0.15, 0.2) is 0 Å².